The number of halogens is 2. The topological polar surface area (TPSA) is 62.0 Å². The van der Waals surface area contributed by atoms with E-state index >= 15 is 0 Å². The van der Waals surface area contributed by atoms with Gasteiger partial charge in [-0.2, -0.15) is 0 Å². The molecule has 2 N–H and O–H groups in total. The number of rotatable bonds is 4. The SMILES string of the molecule is Nc1cc(F)c(N2CCN(CCN3CCOCC3)C(=O)C2)c(F)c1. The van der Waals surface area contributed by atoms with Crippen molar-refractivity contribution in [2.45, 2.75) is 0 Å². The van der Waals surface area contributed by atoms with E-state index in [-0.39, 0.29) is 23.8 Å². The largest absolute Gasteiger partial charge is 0.399 e. The number of carbonyl (C=O) groups is 1. The Bertz CT molecular complexity index is 585. The Morgan fingerprint density at radius 3 is 2.33 bits per heavy atom. The minimum atomic E-state index is -0.734. The second kappa shape index (κ2) is 7.31. The highest BCUT2D eigenvalue weighted by atomic mass is 19.1. The van der Waals surface area contributed by atoms with Gasteiger partial charge in [-0.15, -0.1) is 0 Å². The van der Waals surface area contributed by atoms with Crippen LogP contribution in [-0.2, 0) is 9.53 Å². The van der Waals surface area contributed by atoms with Gasteiger partial charge in [-0.1, -0.05) is 0 Å². The van der Waals surface area contributed by atoms with E-state index in [0.717, 1.165) is 45.0 Å². The summed E-state index contributed by atoms with van der Waals surface area (Å²) in [5, 5.41) is 0. The Hall–Kier alpha value is -1.93. The lowest BCUT2D eigenvalue weighted by molar-refractivity contribution is -0.131. The highest BCUT2D eigenvalue weighted by molar-refractivity contribution is 5.83. The van der Waals surface area contributed by atoms with Gasteiger partial charge in [-0.25, -0.2) is 8.78 Å². The summed E-state index contributed by atoms with van der Waals surface area (Å²) >= 11 is 0. The maximum Gasteiger partial charge on any atom is 0.242 e. The second-order valence-electron chi connectivity index (χ2n) is 6.09. The summed E-state index contributed by atoms with van der Waals surface area (Å²) in [6, 6.07) is 2.15. The van der Waals surface area contributed by atoms with Crippen molar-refractivity contribution in [2.75, 3.05) is 69.7 Å². The molecular formula is C16H22F2N4O2. The van der Waals surface area contributed by atoms with Crippen molar-refractivity contribution >= 4 is 17.3 Å². The zero-order chi connectivity index (χ0) is 17.1. The predicted octanol–water partition coefficient (Wildman–Crippen LogP) is 0.528. The lowest BCUT2D eigenvalue weighted by atomic mass is 10.2. The Balaban J connectivity index is 1.58. The molecule has 2 fully saturated rings. The average Bonchev–Trinajstić information content (AvgIpc) is 2.54. The van der Waals surface area contributed by atoms with Crippen LogP contribution in [0.15, 0.2) is 12.1 Å². The molecule has 0 aliphatic carbocycles. The molecule has 2 saturated heterocycles. The minimum absolute atomic E-state index is 0.0269. The standard InChI is InChI=1S/C16H22F2N4O2/c17-13-9-12(19)10-14(18)16(13)22-4-3-21(15(23)11-22)2-1-20-5-7-24-8-6-20/h9-10H,1-8,11,19H2. The molecule has 6 nitrogen and oxygen atoms in total. The van der Waals surface area contributed by atoms with Crippen molar-refractivity contribution in [2.24, 2.45) is 0 Å². The van der Waals surface area contributed by atoms with Crippen LogP contribution in [0.25, 0.3) is 0 Å². The summed E-state index contributed by atoms with van der Waals surface area (Å²) in [6.07, 6.45) is 0. The molecule has 0 radical (unpaired) electrons. The number of nitrogen functional groups attached to an aromatic ring is 1. The van der Waals surface area contributed by atoms with Crippen LogP contribution >= 0.6 is 0 Å². The zero-order valence-electron chi connectivity index (χ0n) is 13.5. The van der Waals surface area contributed by atoms with Gasteiger partial charge in [0.1, 0.15) is 5.69 Å². The predicted molar refractivity (Wildman–Crippen MR) is 86.8 cm³/mol. The molecule has 0 bridgehead atoms. The van der Waals surface area contributed by atoms with Gasteiger partial charge in [0.25, 0.3) is 0 Å². The average molecular weight is 340 g/mol. The van der Waals surface area contributed by atoms with E-state index in [0.29, 0.717) is 19.6 Å². The third kappa shape index (κ3) is 3.76. The fraction of sp³-hybridized carbons (Fsp3) is 0.562. The van der Waals surface area contributed by atoms with E-state index in [9.17, 15) is 13.6 Å². The van der Waals surface area contributed by atoms with Crippen molar-refractivity contribution in [1.82, 2.24) is 9.80 Å². The molecule has 1 aromatic carbocycles. The van der Waals surface area contributed by atoms with Crippen molar-refractivity contribution in [3.8, 4) is 0 Å². The molecule has 0 aromatic heterocycles. The van der Waals surface area contributed by atoms with Crippen molar-refractivity contribution < 1.29 is 18.3 Å². The number of hydrogen-bond acceptors (Lipinski definition) is 5. The zero-order valence-corrected chi connectivity index (χ0v) is 13.5. The number of amides is 1. The number of carbonyl (C=O) groups excluding carboxylic acids is 1. The normalized spacial score (nSPS) is 19.8. The summed E-state index contributed by atoms with van der Waals surface area (Å²) in [5.41, 5.74) is 5.29. The van der Waals surface area contributed by atoms with Crippen molar-refractivity contribution in [3.05, 3.63) is 23.8 Å². The van der Waals surface area contributed by atoms with E-state index in [1.807, 2.05) is 0 Å². The molecule has 0 saturated carbocycles. The highest BCUT2D eigenvalue weighted by Crippen LogP contribution is 2.27. The fourth-order valence-corrected chi connectivity index (χ4v) is 3.11. The van der Waals surface area contributed by atoms with Crippen LogP contribution in [0.5, 0.6) is 0 Å². The number of piperazine rings is 1. The van der Waals surface area contributed by atoms with Crippen LogP contribution < -0.4 is 10.6 Å². The first kappa shape index (κ1) is 16.9. The molecular weight excluding hydrogens is 318 g/mol. The Labute approximate surface area is 139 Å². The fourth-order valence-electron chi connectivity index (χ4n) is 3.11. The summed E-state index contributed by atoms with van der Waals surface area (Å²) in [6.45, 7) is 5.42. The number of morpholine rings is 1. The maximum absolute atomic E-state index is 14.0. The van der Waals surface area contributed by atoms with Crippen LogP contribution in [-0.4, -0.2) is 74.7 Å². The third-order valence-electron chi connectivity index (χ3n) is 4.46. The smallest absolute Gasteiger partial charge is 0.242 e. The summed E-state index contributed by atoms with van der Waals surface area (Å²) in [7, 11) is 0. The molecule has 0 spiro atoms. The number of ether oxygens (including phenoxy) is 1. The van der Waals surface area contributed by atoms with Gasteiger partial charge in [-0.3, -0.25) is 9.69 Å². The summed E-state index contributed by atoms with van der Waals surface area (Å²) in [4.78, 5) is 17.8. The summed E-state index contributed by atoms with van der Waals surface area (Å²) in [5.74, 6) is -1.59. The molecule has 1 aromatic rings. The Morgan fingerprint density at radius 2 is 1.71 bits per heavy atom. The van der Waals surface area contributed by atoms with E-state index in [2.05, 4.69) is 4.90 Å². The molecule has 1 amide bonds. The van der Waals surface area contributed by atoms with Crippen LogP contribution in [0.1, 0.15) is 0 Å². The molecule has 0 unspecified atom stereocenters. The van der Waals surface area contributed by atoms with Gasteiger partial charge in [0.2, 0.25) is 5.91 Å². The van der Waals surface area contributed by atoms with E-state index in [1.165, 1.54) is 4.90 Å². The quantitative estimate of drug-likeness (QED) is 0.810. The lowest BCUT2D eigenvalue weighted by Gasteiger charge is -2.37. The van der Waals surface area contributed by atoms with Gasteiger partial charge in [0.15, 0.2) is 11.6 Å². The molecule has 2 aliphatic rings. The third-order valence-corrected chi connectivity index (χ3v) is 4.46. The molecule has 3 rings (SSSR count). The molecule has 132 valence electrons. The van der Waals surface area contributed by atoms with Gasteiger partial charge in [-0.05, 0) is 12.1 Å². The minimum Gasteiger partial charge on any atom is -0.399 e. The van der Waals surface area contributed by atoms with E-state index in [4.69, 9.17) is 10.5 Å². The van der Waals surface area contributed by atoms with Gasteiger partial charge in [0.05, 0.1) is 19.8 Å². The number of nitrogens with zero attached hydrogens (tertiary/aromatic N) is 3. The van der Waals surface area contributed by atoms with Gasteiger partial charge in [0, 0.05) is 45.0 Å². The highest BCUT2D eigenvalue weighted by Gasteiger charge is 2.28. The number of nitrogens with two attached hydrogens (primary N) is 1. The second-order valence-corrected chi connectivity index (χ2v) is 6.09. The van der Waals surface area contributed by atoms with Gasteiger partial charge < -0.3 is 20.3 Å². The first-order valence-corrected chi connectivity index (χ1v) is 8.12. The van der Waals surface area contributed by atoms with Crippen LogP contribution in [0, 0.1) is 11.6 Å². The molecule has 24 heavy (non-hydrogen) atoms. The lowest BCUT2D eigenvalue weighted by Crippen LogP contribution is -2.53. The molecule has 2 aliphatic heterocycles. The Kier molecular flexibility index (Phi) is 5.15. The Morgan fingerprint density at radius 1 is 1.04 bits per heavy atom. The van der Waals surface area contributed by atoms with Crippen LogP contribution in [0.3, 0.4) is 0 Å². The van der Waals surface area contributed by atoms with Crippen molar-refractivity contribution in [1.29, 1.82) is 0 Å². The van der Waals surface area contributed by atoms with Crippen LogP contribution in [0.2, 0.25) is 0 Å². The number of anilines is 2. The van der Waals surface area contributed by atoms with Gasteiger partial charge >= 0.3 is 0 Å². The summed E-state index contributed by atoms with van der Waals surface area (Å²) < 4.78 is 33.3. The van der Waals surface area contributed by atoms with E-state index < -0.39 is 11.6 Å². The van der Waals surface area contributed by atoms with E-state index in [1.54, 1.807) is 4.90 Å². The first-order valence-electron chi connectivity index (χ1n) is 8.12. The van der Waals surface area contributed by atoms with Crippen LogP contribution in [0.4, 0.5) is 20.2 Å². The first-order chi connectivity index (χ1) is 11.5. The molecule has 8 heteroatoms. The number of hydrogen-bond donors (Lipinski definition) is 1. The monoisotopic (exact) mass is 340 g/mol. The maximum atomic E-state index is 14.0. The van der Waals surface area contributed by atoms with Crippen molar-refractivity contribution in [3.63, 3.8) is 0 Å². The number of benzene rings is 1. The molecule has 0 atom stereocenters. The molecule has 2 heterocycles.